The highest BCUT2D eigenvalue weighted by Gasteiger charge is 2.37. The van der Waals surface area contributed by atoms with Gasteiger partial charge in [0, 0.05) is 28.9 Å². The normalized spacial score (nSPS) is 25.8. The van der Waals surface area contributed by atoms with Crippen molar-refractivity contribution in [2.24, 2.45) is 11.7 Å². The van der Waals surface area contributed by atoms with E-state index in [4.69, 9.17) is 17.3 Å². The van der Waals surface area contributed by atoms with Crippen molar-refractivity contribution in [3.05, 3.63) is 34.9 Å². The van der Waals surface area contributed by atoms with Gasteiger partial charge in [0.1, 0.15) is 0 Å². The van der Waals surface area contributed by atoms with Gasteiger partial charge in [-0.05, 0) is 49.8 Å². The van der Waals surface area contributed by atoms with Gasteiger partial charge in [-0.2, -0.15) is 0 Å². The van der Waals surface area contributed by atoms with Crippen molar-refractivity contribution >= 4 is 29.9 Å². The molecule has 2 aliphatic rings. The molecular weight excluding hydrogens is 331 g/mol. The first-order valence-corrected chi connectivity index (χ1v) is 8.76. The molecule has 1 amide bonds. The Hall–Kier alpha value is -0.770. The van der Waals surface area contributed by atoms with E-state index in [1.807, 2.05) is 12.1 Å². The lowest BCUT2D eigenvalue weighted by molar-refractivity contribution is -0.125. The van der Waals surface area contributed by atoms with Crippen LogP contribution in [0.2, 0.25) is 5.02 Å². The minimum absolute atomic E-state index is 0. The molecule has 0 bridgehead atoms. The molecule has 1 aromatic carbocycles. The SMILES string of the molecule is Cl.NC1CCC(C(=O)NCC2(c3cccc(Cl)c3)CCCC2)C1. The van der Waals surface area contributed by atoms with Crippen molar-refractivity contribution < 1.29 is 4.79 Å². The Morgan fingerprint density at radius 2 is 2.04 bits per heavy atom. The van der Waals surface area contributed by atoms with Crippen LogP contribution >= 0.6 is 24.0 Å². The van der Waals surface area contributed by atoms with Gasteiger partial charge in [0.15, 0.2) is 0 Å². The predicted octanol–water partition coefficient (Wildman–Crippen LogP) is 3.82. The van der Waals surface area contributed by atoms with Crippen LogP contribution in [-0.2, 0) is 10.2 Å². The fourth-order valence-corrected chi connectivity index (χ4v) is 4.28. The quantitative estimate of drug-likeness (QED) is 0.861. The molecule has 0 saturated heterocycles. The van der Waals surface area contributed by atoms with Crippen molar-refractivity contribution in [2.45, 2.75) is 56.4 Å². The third-order valence-electron chi connectivity index (χ3n) is 5.44. The first-order chi connectivity index (χ1) is 10.6. The maximum atomic E-state index is 12.4. The van der Waals surface area contributed by atoms with Crippen LogP contribution in [0.4, 0.5) is 0 Å². The Kier molecular flexibility index (Phi) is 6.35. The van der Waals surface area contributed by atoms with Gasteiger partial charge in [-0.3, -0.25) is 4.79 Å². The third-order valence-corrected chi connectivity index (χ3v) is 5.68. The van der Waals surface area contributed by atoms with Gasteiger partial charge in [0.05, 0.1) is 0 Å². The summed E-state index contributed by atoms with van der Waals surface area (Å²) in [6.07, 6.45) is 7.41. The van der Waals surface area contributed by atoms with E-state index >= 15 is 0 Å². The maximum absolute atomic E-state index is 12.4. The molecule has 2 atom stereocenters. The van der Waals surface area contributed by atoms with Crippen molar-refractivity contribution in [1.82, 2.24) is 5.32 Å². The molecule has 0 radical (unpaired) electrons. The first kappa shape index (κ1) is 18.6. The minimum Gasteiger partial charge on any atom is -0.355 e. The molecule has 3 N–H and O–H groups in total. The summed E-state index contributed by atoms with van der Waals surface area (Å²) in [6.45, 7) is 0.720. The summed E-state index contributed by atoms with van der Waals surface area (Å²) in [5, 5.41) is 3.98. The van der Waals surface area contributed by atoms with Crippen LogP contribution in [0, 0.1) is 5.92 Å². The second-order valence-corrected chi connectivity index (χ2v) is 7.42. The highest BCUT2D eigenvalue weighted by molar-refractivity contribution is 6.30. The molecule has 3 nitrogen and oxygen atoms in total. The summed E-state index contributed by atoms with van der Waals surface area (Å²) >= 11 is 6.17. The summed E-state index contributed by atoms with van der Waals surface area (Å²) in [6, 6.07) is 8.32. The van der Waals surface area contributed by atoms with E-state index in [2.05, 4.69) is 17.4 Å². The lowest BCUT2D eigenvalue weighted by Gasteiger charge is -2.30. The number of rotatable bonds is 4. The predicted molar refractivity (Wildman–Crippen MR) is 97.2 cm³/mol. The van der Waals surface area contributed by atoms with E-state index in [1.165, 1.54) is 18.4 Å². The Bertz CT molecular complexity index is 544. The number of hydrogen-bond acceptors (Lipinski definition) is 2. The lowest BCUT2D eigenvalue weighted by atomic mass is 9.78. The fraction of sp³-hybridized carbons (Fsp3) is 0.611. The maximum Gasteiger partial charge on any atom is 0.223 e. The zero-order valence-corrected chi connectivity index (χ0v) is 15.0. The van der Waals surface area contributed by atoms with Gasteiger partial charge < -0.3 is 11.1 Å². The Labute approximate surface area is 149 Å². The van der Waals surface area contributed by atoms with Crippen molar-refractivity contribution in [1.29, 1.82) is 0 Å². The molecule has 2 unspecified atom stereocenters. The average Bonchev–Trinajstić information content (AvgIpc) is 3.15. The van der Waals surface area contributed by atoms with Gasteiger partial charge in [-0.25, -0.2) is 0 Å². The molecule has 2 fully saturated rings. The Morgan fingerprint density at radius 1 is 1.30 bits per heavy atom. The van der Waals surface area contributed by atoms with Crippen LogP contribution in [0.15, 0.2) is 24.3 Å². The number of carbonyl (C=O) groups is 1. The number of hydrogen-bond donors (Lipinski definition) is 2. The van der Waals surface area contributed by atoms with E-state index in [0.717, 1.165) is 43.7 Å². The number of nitrogens with two attached hydrogens (primary N) is 1. The van der Waals surface area contributed by atoms with E-state index in [1.54, 1.807) is 0 Å². The first-order valence-electron chi connectivity index (χ1n) is 8.38. The Balaban J connectivity index is 0.00000192. The fourth-order valence-electron chi connectivity index (χ4n) is 4.09. The molecule has 2 saturated carbocycles. The topological polar surface area (TPSA) is 55.1 Å². The van der Waals surface area contributed by atoms with E-state index in [-0.39, 0.29) is 35.7 Å². The number of benzene rings is 1. The number of nitrogens with one attached hydrogen (secondary N) is 1. The van der Waals surface area contributed by atoms with Crippen molar-refractivity contribution in [2.75, 3.05) is 6.54 Å². The number of amides is 1. The van der Waals surface area contributed by atoms with Gasteiger partial charge >= 0.3 is 0 Å². The molecule has 0 aliphatic heterocycles. The van der Waals surface area contributed by atoms with Crippen LogP contribution in [0.1, 0.15) is 50.5 Å². The number of carbonyl (C=O) groups excluding carboxylic acids is 1. The molecule has 1 aromatic rings. The smallest absolute Gasteiger partial charge is 0.223 e. The van der Waals surface area contributed by atoms with E-state index in [9.17, 15) is 4.79 Å². The second-order valence-electron chi connectivity index (χ2n) is 6.99. The van der Waals surface area contributed by atoms with Crippen LogP contribution in [0.3, 0.4) is 0 Å². The molecule has 128 valence electrons. The highest BCUT2D eigenvalue weighted by Crippen LogP contribution is 2.41. The van der Waals surface area contributed by atoms with Gasteiger partial charge in [-0.1, -0.05) is 36.6 Å². The molecule has 23 heavy (non-hydrogen) atoms. The molecule has 0 spiro atoms. The molecular formula is C18H26Cl2N2O. The zero-order chi connectivity index (χ0) is 15.6. The van der Waals surface area contributed by atoms with Crippen molar-refractivity contribution in [3.8, 4) is 0 Å². The monoisotopic (exact) mass is 356 g/mol. The lowest BCUT2D eigenvalue weighted by Crippen LogP contribution is -2.41. The van der Waals surface area contributed by atoms with E-state index in [0.29, 0.717) is 0 Å². The third kappa shape index (κ3) is 4.20. The molecule has 3 rings (SSSR count). The zero-order valence-electron chi connectivity index (χ0n) is 13.4. The summed E-state index contributed by atoms with van der Waals surface area (Å²) in [7, 11) is 0. The van der Waals surface area contributed by atoms with Crippen molar-refractivity contribution in [3.63, 3.8) is 0 Å². The van der Waals surface area contributed by atoms with Gasteiger partial charge in [0.2, 0.25) is 5.91 Å². The molecule has 0 aromatic heterocycles. The standard InChI is InChI=1S/C18H25ClN2O.ClH/c19-15-5-3-4-14(11-15)18(8-1-2-9-18)12-21-17(22)13-6-7-16(20)10-13;/h3-5,11,13,16H,1-2,6-10,12,20H2,(H,21,22);1H. The largest absolute Gasteiger partial charge is 0.355 e. The van der Waals surface area contributed by atoms with Gasteiger partial charge in [-0.15, -0.1) is 12.4 Å². The molecule has 5 heteroatoms. The van der Waals surface area contributed by atoms with Gasteiger partial charge in [0.25, 0.3) is 0 Å². The Morgan fingerprint density at radius 3 is 2.65 bits per heavy atom. The molecule has 2 aliphatic carbocycles. The van der Waals surface area contributed by atoms with Crippen LogP contribution in [-0.4, -0.2) is 18.5 Å². The number of halogens is 2. The summed E-state index contributed by atoms with van der Waals surface area (Å²) < 4.78 is 0. The summed E-state index contributed by atoms with van der Waals surface area (Å²) in [5.41, 5.74) is 7.24. The summed E-state index contributed by atoms with van der Waals surface area (Å²) in [4.78, 5) is 12.4. The minimum atomic E-state index is 0. The summed E-state index contributed by atoms with van der Waals surface area (Å²) in [5.74, 6) is 0.286. The van der Waals surface area contributed by atoms with Crippen LogP contribution in [0.25, 0.3) is 0 Å². The van der Waals surface area contributed by atoms with Crippen LogP contribution in [0.5, 0.6) is 0 Å². The second kappa shape index (κ2) is 7.87. The average molecular weight is 357 g/mol. The highest BCUT2D eigenvalue weighted by atomic mass is 35.5. The van der Waals surface area contributed by atoms with Crippen LogP contribution < -0.4 is 11.1 Å². The molecule has 0 heterocycles. The van der Waals surface area contributed by atoms with E-state index < -0.39 is 0 Å².